The van der Waals surface area contributed by atoms with Crippen LogP contribution in [0, 0.1) is 32.5 Å². The molecular formula is C27H29FN6O. The van der Waals surface area contributed by atoms with Gasteiger partial charge in [0.25, 0.3) is 0 Å². The number of hydrogen-bond donors (Lipinski definition) is 1. The molecule has 1 amide bonds. The Morgan fingerprint density at radius 3 is 2.54 bits per heavy atom. The van der Waals surface area contributed by atoms with Gasteiger partial charge in [-0.25, -0.2) is 9.07 Å². The number of nitrogens with one attached hydrogen (secondary N) is 1. The fourth-order valence-electron chi connectivity index (χ4n) is 4.78. The minimum absolute atomic E-state index is 0.00305. The van der Waals surface area contributed by atoms with Crippen LogP contribution in [-0.2, 0) is 11.3 Å². The lowest BCUT2D eigenvalue weighted by Crippen LogP contribution is -2.43. The zero-order chi connectivity index (χ0) is 24.5. The van der Waals surface area contributed by atoms with Gasteiger partial charge in [0.1, 0.15) is 11.3 Å². The van der Waals surface area contributed by atoms with Crippen molar-refractivity contribution in [2.45, 2.75) is 40.2 Å². The molecule has 0 saturated carbocycles. The van der Waals surface area contributed by atoms with E-state index in [-0.39, 0.29) is 17.6 Å². The zero-order valence-electron chi connectivity index (χ0n) is 20.3. The molecule has 2 aromatic heterocycles. The van der Waals surface area contributed by atoms with Gasteiger partial charge < -0.3 is 10.2 Å². The SMILES string of the molecule is Cc1ccc(-n2nc3c(N4CCC[C@H](C(=O)NCc5ccc(F)cc5)C4)nnc(C)c3c2C)cc1. The molecule has 0 aliphatic carbocycles. The summed E-state index contributed by atoms with van der Waals surface area (Å²) in [5.41, 5.74) is 5.72. The minimum atomic E-state index is -0.284. The van der Waals surface area contributed by atoms with Crippen LogP contribution in [0.25, 0.3) is 16.6 Å². The average molecular weight is 473 g/mol. The van der Waals surface area contributed by atoms with Crippen molar-refractivity contribution >= 4 is 22.6 Å². The number of halogens is 1. The van der Waals surface area contributed by atoms with Crippen molar-refractivity contribution in [2.75, 3.05) is 18.0 Å². The second kappa shape index (κ2) is 9.44. The first-order valence-electron chi connectivity index (χ1n) is 12.0. The van der Waals surface area contributed by atoms with E-state index >= 15 is 0 Å². The molecule has 2 aromatic carbocycles. The topological polar surface area (TPSA) is 75.9 Å². The molecule has 1 N–H and O–H groups in total. The minimum Gasteiger partial charge on any atom is -0.352 e. The van der Waals surface area contributed by atoms with E-state index in [4.69, 9.17) is 5.10 Å². The van der Waals surface area contributed by atoms with E-state index in [0.29, 0.717) is 13.1 Å². The zero-order valence-corrected chi connectivity index (χ0v) is 20.3. The summed E-state index contributed by atoms with van der Waals surface area (Å²) < 4.78 is 15.1. The van der Waals surface area contributed by atoms with E-state index in [1.165, 1.54) is 17.7 Å². The van der Waals surface area contributed by atoms with Gasteiger partial charge in [-0.05, 0) is 63.4 Å². The van der Waals surface area contributed by atoms with Gasteiger partial charge in [0, 0.05) is 19.6 Å². The third kappa shape index (κ3) is 4.60. The van der Waals surface area contributed by atoms with Crippen LogP contribution >= 0.6 is 0 Å². The second-order valence-electron chi connectivity index (χ2n) is 9.29. The summed E-state index contributed by atoms with van der Waals surface area (Å²) in [7, 11) is 0. The fourth-order valence-corrected chi connectivity index (χ4v) is 4.78. The molecule has 1 fully saturated rings. The van der Waals surface area contributed by atoms with Crippen molar-refractivity contribution in [2.24, 2.45) is 5.92 Å². The largest absolute Gasteiger partial charge is 0.352 e. The predicted octanol–water partition coefficient (Wildman–Crippen LogP) is 4.41. The number of nitrogens with zero attached hydrogens (tertiary/aromatic N) is 5. The van der Waals surface area contributed by atoms with E-state index in [1.807, 2.05) is 11.6 Å². The number of hydrogen-bond acceptors (Lipinski definition) is 5. The predicted molar refractivity (Wildman–Crippen MR) is 134 cm³/mol. The summed E-state index contributed by atoms with van der Waals surface area (Å²) in [4.78, 5) is 15.1. The number of aryl methyl sites for hydroxylation is 3. The number of fused-ring (bicyclic) bond motifs is 1. The molecule has 1 aliphatic rings. The van der Waals surface area contributed by atoms with E-state index in [0.717, 1.165) is 58.7 Å². The first-order chi connectivity index (χ1) is 16.9. The number of rotatable bonds is 5. The standard InChI is InChI=1S/C27H29FN6O/c1-17-6-12-23(13-7-17)34-19(3)24-18(2)30-31-26(25(24)32-34)33-14-4-5-21(16-33)27(35)29-15-20-8-10-22(28)11-9-20/h6-13,21H,4-5,14-16H2,1-3H3,(H,29,35)/t21-/m0/s1. The van der Waals surface area contributed by atoms with Crippen LogP contribution < -0.4 is 10.2 Å². The smallest absolute Gasteiger partial charge is 0.225 e. The molecule has 0 unspecified atom stereocenters. The molecule has 35 heavy (non-hydrogen) atoms. The highest BCUT2D eigenvalue weighted by Crippen LogP contribution is 2.31. The van der Waals surface area contributed by atoms with Crippen LogP contribution in [-0.4, -0.2) is 39.0 Å². The van der Waals surface area contributed by atoms with Crippen LogP contribution in [0.15, 0.2) is 48.5 Å². The van der Waals surface area contributed by atoms with Crippen molar-refractivity contribution in [3.63, 3.8) is 0 Å². The third-order valence-corrected chi connectivity index (χ3v) is 6.73. The lowest BCUT2D eigenvalue weighted by Gasteiger charge is -2.32. The van der Waals surface area contributed by atoms with Crippen LogP contribution in [0.4, 0.5) is 10.2 Å². The number of carbonyl (C=O) groups is 1. The molecule has 1 saturated heterocycles. The first kappa shape index (κ1) is 23.0. The van der Waals surface area contributed by atoms with Gasteiger partial charge in [-0.2, -0.15) is 10.2 Å². The summed E-state index contributed by atoms with van der Waals surface area (Å²) in [6, 6.07) is 14.5. The van der Waals surface area contributed by atoms with Crippen molar-refractivity contribution in [1.29, 1.82) is 0 Å². The summed E-state index contributed by atoms with van der Waals surface area (Å²) in [5.74, 6) is 0.267. The first-order valence-corrected chi connectivity index (χ1v) is 12.0. The molecule has 0 spiro atoms. The Balaban J connectivity index is 1.39. The second-order valence-corrected chi connectivity index (χ2v) is 9.29. The van der Waals surface area contributed by atoms with Crippen LogP contribution in [0.5, 0.6) is 0 Å². The highest BCUT2D eigenvalue weighted by atomic mass is 19.1. The monoisotopic (exact) mass is 472 g/mol. The molecule has 1 aliphatic heterocycles. The van der Waals surface area contributed by atoms with Gasteiger partial charge in [0.2, 0.25) is 5.91 Å². The molecule has 180 valence electrons. The molecule has 8 heteroatoms. The highest BCUT2D eigenvalue weighted by Gasteiger charge is 2.29. The molecule has 5 rings (SSSR count). The average Bonchev–Trinajstić information content (AvgIpc) is 3.22. The molecule has 4 aromatic rings. The highest BCUT2D eigenvalue weighted by molar-refractivity contribution is 5.92. The number of aromatic nitrogens is 4. The number of piperidine rings is 1. The number of benzene rings is 2. The van der Waals surface area contributed by atoms with E-state index in [9.17, 15) is 9.18 Å². The van der Waals surface area contributed by atoms with Gasteiger partial charge >= 0.3 is 0 Å². The Morgan fingerprint density at radius 2 is 1.80 bits per heavy atom. The summed E-state index contributed by atoms with van der Waals surface area (Å²) in [5, 5.41) is 17.9. The molecule has 1 atom stereocenters. The van der Waals surface area contributed by atoms with E-state index in [1.54, 1.807) is 12.1 Å². The fraction of sp³-hybridized carbons (Fsp3) is 0.333. The van der Waals surface area contributed by atoms with Gasteiger partial charge in [0.15, 0.2) is 5.82 Å². The van der Waals surface area contributed by atoms with Crippen LogP contribution in [0.3, 0.4) is 0 Å². The normalized spacial score (nSPS) is 16.0. The summed E-state index contributed by atoms with van der Waals surface area (Å²) in [6.45, 7) is 7.80. The number of carbonyl (C=O) groups excluding carboxylic acids is 1. The van der Waals surface area contributed by atoms with Crippen LogP contribution in [0.1, 0.15) is 35.4 Å². The molecule has 7 nitrogen and oxygen atoms in total. The molecule has 0 bridgehead atoms. The summed E-state index contributed by atoms with van der Waals surface area (Å²) >= 11 is 0. The van der Waals surface area contributed by atoms with Crippen molar-refractivity contribution < 1.29 is 9.18 Å². The lowest BCUT2D eigenvalue weighted by molar-refractivity contribution is -0.125. The number of amides is 1. The molecular weight excluding hydrogens is 443 g/mol. The maximum absolute atomic E-state index is 13.1. The Hall–Kier alpha value is -3.81. The van der Waals surface area contributed by atoms with Crippen LogP contribution in [0.2, 0.25) is 0 Å². The van der Waals surface area contributed by atoms with Crippen molar-refractivity contribution in [3.05, 3.63) is 76.9 Å². The Morgan fingerprint density at radius 1 is 1.06 bits per heavy atom. The third-order valence-electron chi connectivity index (χ3n) is 6.73. The van der Waals surface area contributed by atoms with E-state index in [2.05, 4.69) is 58.5 Å². The Labute approximate surface area is 204 Å². The van der Waals surface area contributed by atoms with Gasteiger partial charge in [0.05, 0.1) is 28.4 Å². The van der Waals surface area contributed by atoms with Gasteiger partial charge in [-0.3, -0.25) is 4.79 Å². The van der Waals surface area contributed by atoms with Gasteiger partial charge in [-0.1, -0.05) is 29.8 Å². The van der Waals surface area contributed by atoms with E-state index < -0.39 is 0 Å². The number of anilines is 1. The lowest BCUT2D eigenvalue weighted by atomic mass is 9.97. The molecule has 3 heterocycles. The van der Waals surface area contributed by atoms with Crippen molar-refractivity contribution in [1.82, 2.24) is 25.3 Å². The Kier molecular flexibility index (Phi) is 6.19. The maximum atomic E-state index is 13.1. The van der Waals surface area contributed by atoms with Gasteiger partial charge in [-0.15, -0.1) is 5.10 Å². The Bertz CT molecular complexity index is 1360. The molecule has 0 radical (unpaired) electrons. The summed E-state index contributed by atoms with van der Waals surface area (Å²) in [6.07, 6.45) is 1.69. The maximum Gasteiger partial charge on any atom is 0.225 e. The van der Waals surface area contributed by atoms with Crippen molar-refractivity contribution in [3.8, 4) is 5.69 Å². The quantitative estimate of drug-likeness (QED) is 0.466.